The van der Waals surface area contributed by atoms with Gasteiger partial charge in [-0.1, -0.05) is 0 Å². The monoisotopic (exact) mass is 368 g/mol. The number of H-pyrrole nitrogens is 1. The summed E-state index contributed by atoms with van der Waals surface area (Å²) >= 11 is 2.23. The summed E-state index contributed by atoms with van der Waals surface area (Å²) in [7, 11) is 0. The van der Waals surface area contributed by atoms with Gasteiger partial charge in [-0.15, -0.1) is 0 Å². The van der Waals surface area contributed by atoms with Crippen molar-refractivity contribution in [2.75, 3.05) is 5.43 Å². The van der Waals surface area contributed by atoms with Crippen LogP contribution in [0, 0.1) is 3.57 Å². The molecular weight excluding hydrogens is 359 g/mol. The number of halogens is 1. The molecule has 96 valence electrons. The molecule has 1 aromatic carbocycles. The zero-order valence-corrected chi connectivity index (χ0v) is 11.7. The molecule has 0 aliphatic heterocycles. The quantitative estimate of drug-likeness (QED) is 0.372. The molecule has 0 atom stereocenters. The third-order valence-electron chi connectivity index (χ3n) is 2.43. The van der Waals surface area contributed by atoms with E-state index < -0.39 is 0 Å². The van der Waals surface area contributed by atoms with Gasteiger partial charge in [-0.3, -0.25) is 10.5 Å². The van der Waals surface area contributed by atoms with Crippen molar-refractivity contribution in [2.24, 2.45) is 5.84 Å². The summed E-state index contributed by atoms with van der Waals surface area (Å²) in [4.78, 5) is 8.30. The Kier molecular flexibility index (Phi) is 3.17. The van der Waals surface area contributed by atoms with Crippen LogP contribution in [0.1, 0.15) is 0 Å². The fourth-order valence-electron chi connectivity index (χ4n) is 1.56. The SMILES string of the molecule is NNc1nc(Oc2ccc(I)cc2)c2cn[nH]c2n1. The molecule has 0 saturated carbocycles. The van der Waals surface area contributed by atoms with Crippen LogP contribution in [-0.4, -0.2) is 20.2 Å². The number of hydrogen-bond donors (Lipinski definition) is 3. The van der Waals surface area contributed by atoms with Gasteiger partial charge in [-0.2, -0.15) is 15.1 Å². The lowest BCUT2D eigenvalue weighted by Gasteiger charge is -2.07. The van der Waals surface area contributed by atoms with Crippen LogP contribution in [0.25, 0.3) is 11.0 Å². The summed E-state index contributed by atoms with van der Waals surface area (Å²) in [6, 6.07) is 7.63. The predicted molar refractivity (Wildman–Crippen MR) is 78.7 cm³/mol. The van der Waals surface area contributed by atoms with E-state index in [9.17, 15) is 0 Å². The van der Waals surface area contributed by atoms with Gasteiger partial charge in [0.05, 0.1) is 6.20 Å². The number of hydrazine groups is 1. The Labute approximate surface area is 121 Å². The highest BCUT2D eigenvalue weighted by atomic mass is 127. The number of aromatic nitrogens is 4. The number of nitrogen functional groups attached to an aromatic ring is 1. The molecule has 0 bridgehead atoms. The van der Waals surface area contributed by atoms with E-state index in [0.717, 1.165) is 3.57 Å². The van der Waals surface area contributed by atoms with Crippen LogP contribution >= 0.6 is 22.6 Å². The van der Waals surface area contributed by atoms with Gasteiger partial charge in [-0.25, -0.2) is 5.84 Å². The highest BCUT2D eigenvalue weighted by molar-refractivity contribution is 14.1. The number of anilines is 1. The van der Waals surface area contributed by atoms with Crippen molar-refractivity contribution in [1.29, 1.82) is 0 Å². The van der Waals surface area contributed by atoms with Gasteiger partial charge in [0.2, 0.25) is 11.8 Å². The molecule has 0 amide bonds. The molecule has 0 aliphatic carbocycles. The Morgan fingerprint density at radius 3 is 2.74 bits per heavy atom. The molecular formula is C11H9IN6O. The van der Waals surface area contributed by atoms with E-state index in [4.69, 9.17) is 10.6 Å². The first-order valence-electron chi connectivity index (χ1n) is 5.37. The third-order valence-corrected chi connectivity index (χ3v) is 3.15. The maximum absolute atomic E-state index is 5.74. The highest BCUT2D eigenvalue weighted by Crippen LogP contribution is 2.27. The minimum absolute atomic E-state index is 0.261. The second-order valence-electron chi connectivity index (χ2n) is 3.68. The number of nitrogens with zero attached hydrogens (tertiary/aromatic N) is 3. The molecule has 0 spiro atoms. The topological polar surface area (TPSA) is 102 Å². The molecule has 0 fully saturated rings. The minimum Gasteiger partial charge on any atom is -0.438 e. The molecule has 3 aromatic rings. The molecule has 3 rings (SSSR count). The molecule has 0 saturated heterocycles. The number of nitrogens with two attached hydrogens (primary N) is 1. The lowest BCUT2D eigenvalue weighted by atomic mass is 10.3. The molecule has 2 heterocycles. The van der Waals surface area contributed by atoms with E-state index in [1.807, 2.05) is 24.3 Å². The van der Waals surface area contributed by atoms with Crippen molar-refractivity contribution in [3.05, 3.63) is 34.0 Å². The summed E-state index contributed by atoms with van der Waals surface area (Å²) < 4.78 is 6.87. The van der Waals surface area contributed by atoms with E-state index in [1.54, 1.807) is 6.20 Å². The number of benzene rings is 1. The predicted octanol–water partition coefficient (Wildman–Crippen LogP) is 2.04. The van der Waals surface area contributed by atoms with Gasteiger partial charge < -0.3 is 4.74 Å². The first-order chi connectivity index (χ1) is 9.26. The molecule has 0 unspecified atom stereocenters. The van der Waals surface area contributed by atoms with Crippen LogP contribution in [0.3, 0.4) is 0 Å². The van der Waals surface area contributed by atoms with Gasteiger partial charge in [0.25, 0.3) is 0 Å². The summed E-state index contributed by atoms with van der Waals surface area (Å²) in [5.74, 6) is 6.67. The number of hydrogen-bond acceptors (Lipinski definition) is 6. The lowest BCUT2D eigenvalue weighted by molar-refractivity contribution is 0.469. The van der Waals surface area contributed by atoms with E-state index in [2.05, 4.69) is 48.2 Å². The smallest absolute Gasteiger partial charge is 0.242 e. The maximum Gasteiger partial charge on any atom is 0.242 e. The zero-order chi connectivity index (χ0) is 13.2. The Bertz CT molecular complexity index is 711. The molecule has 8 heteroatoms. The van der Waals surface area contributed by atoms with E-state index >= 15 is 0 Å². The van der Waals surface area contributed by atoms with Gasteiger partial charge in [0, 0.05) is 3.57 Å². The van der Waals surface area contributed by atoms with Crippen molar-refractivity contribution in [3.8, 4) is 11.6 Å². The number of ether oxygens (including phenoxy) is 1. The second kappa shape index (κ2) is 4.97. The first-order valence-corrected chi connectivity index (χ1v) is 6.45. The summed E-state index contributed by atoms with van der Waals surface area (Å²) in [6.07, 6.45) is 1.61. The number of nitrogens with one attached hydrogen (secondary N) is 2. The molecule has 0 radical (unpaired) electrons. The van der Waals surface area contributed by atoms with Crippen molar-refractivity contribution < 1.29 is 4.74 Å². The summed E-state index contributed by atoms with van der Waals surface area (Å²) in [6.45, 7) is 0. The minimum atomic E-state index is 0.261. The van der Waals surface area contributed by atoms with Crippen LogP contribution in [0.15, 0.2) is 30.5 Å². The third kappa shape index (κ3) is 2.44. The highest BCUT2D eigenvalue weighted by Gasteiger charge is 2.11. The molecule has 2 aromatic heterocycles. The summed E-state index contributed by atoms with van der Waals surface area (Å²) in [5.41, 5.74) is 2.95. The average Bonchev–Trinajstić information content (AvgIpc) is 2.89. The van der Waals surface area contributed by atoms with Crippen LogP contribution in [0.2, 0.25) is 0 Å². The van der Waals surface area contributed by atoms with Crippen LogP contribution in [-0.2, 0) is 0 Å². The molecule has 0 aliphatic rings. The van der Waals surface area contributed by atoms with Crippen LogP contribution in [0.4, 0.5) is 5.95 Å². The number of fused-ring (bicyclic) bond motifs is 1. The van der Waals surface area contributed by atoms with E-state index in [-0.39, 0.29) is 5.95 Å². The van der Waals surface area contributed by atoms with Gasteiger partial charge >= 0.3 is 0 Å². The summed E-state index contributed by atoms with van der Waals surface area (Å²) in [5, 5.41) is 7.36. The van der Waals surface area contributed by atoms with Crippen LogP contribution < -0.4 is 16.0 Å². The maximum atomic E-state index is 5.74. The van der Waals surface area contributed by atoms with Gasteiger partial charge in [-0.05, 0) is 46.9 Å². The number of rotatable bonds is 3. The Balaban J connectivity index is 2.03. The zero-order valence-electron chi connectivity index (χ0n) is 9.59. The van der Waals surface area contributed by atoms with E-state index in [0.29, 0.717) is 22.7 Å². The molecule has 19 heavy (non-hydrogen) atoms. The fraction of sp³-hybridized carbons (Fsp3) is 0. The Morgan fingerprint density at radius 2 is 2.00 bits per heavy atom. The van der Waals surface area contributed by atoms with Crippen molar-refractivity contribution in [2.45, 2.75) is 0 Å². The molecule has 7 nitrogen and oxygen atoms in total. The normalized spacial score (nSPS) is 10.6. The fourth-order valence-corrected chi connectivity index (χ4v) is 1.92. The Hall–Kier alpha value is -1.94. The lowest BCUT2D eigenvalue weighted by Crippen LogP contribution is -2.10. The first kappa shape index (κ1) is 12.1. The largest absolute Gasteiger partial charge is 0.438 e. The van der Waals surface area contributed by atoms with Crippen molar-refractivity contribution >= 4 is 39.6 Å². The van der Waals surface area contributed by atoms with Gasteiger partial charge in [0.1, 0.15) is 11.1 Å². The van der Waals surface area contributed by atoms with Crippen LogP contribution in [0.5, 0.6) is 11.6 Å². The van der Waals surface area contributed by atoms with Crippen molar-refractivity contribution in [3.63, 3.8) is 0 Å². The standard InChI is InChI=1S/C11H9IN6O/c12-6-1-3-7(4-2-6)19-10-8-5-14-18-9(8)15-11(16-10)17-13/h1-5H,13H2,(H2,14,15,16,17,18). The van der Waals surface area contributed by atoms with E-state index in [1.165, 1.54) is 0 Å². The molecule has 4 N–H and O–H groups in total. The van der Waals surface area contributed by atoms with Crippen molar-refractivity contribution in [1.82, 2.24) is 20.2 Å². The average molecular weight is 368 g/mol. The number of aromatic amines is 1. The van der Waals surface area contributed by atoms with Gasteiger partial charge in [0.15, 0.2) is 5.65 Å². The Morgan fingerprint density at radius 1 is 1.21 bits per heavy atom. The second-order valence-corrected chi connectivity index (χ2v) is 4.93.